The van der Waals surface area contributed by atoms with Crippen LogP contribution in [-0.4, -0.2) is 24.4 Å². The highest BCUT2D eigenvalue weighted by atomic mass is 35.5. The molecule has 6 heteroatoms. The van der Waals surface area contributed by atoms with Gasteiger partial charge in [-0.15, -0.1) is 0 Å². The molecule has 0 bridgehead atoms. The minimum absolute atomic E-state index is 0.00761. The average molecular weight is 258 g/mol. The van der Waals surface area contributed by atoms with Crippen LogP contribution in [0.5, 0.6) is 5.75 Å². The van der Waals surface area contributed by atoms with Crippen molar-refractivity contribution in [2.75, 3.05) is 13.3 Å². The number of aliphatic carboxylic acids is 1. The molecule has 0 amide bonds. The van der Waals surface area contributed by atoms with E-state index in [0.29, 0.717) is 22.9 Å². The summed E-state index contributed by atoms with van der Waals surface area (Å²) in [6.07, 6.45) is 0. The third kappa shape index (κ3) is 2.36. The maximum atomic E-state index is 11.1. The molecule has 0 fully saturated rings. The van der Waals surface area contributed by atoms with Crippen LogP contribution in [-0.2, 0) is 16.1 Å². The highest BCUT2D eigenvalue weighted by molar-refractivity contribution is 6.30. The summed E-state index contributed by atoms with van der Waals surface area (Å²) in [5.74, 6) is -1.29. The molecular weight excluding hydrogens is 246 g/mol. The van der Waals surface area contributed by atoms with Gasteiger partial charge in [0.25, 0.3) is 0 Å². The van der Waals surface area contributed by atoms with E-state index < -0.39 is 11.9 Å². The second-order valence-electron chi connectivity index (χ2n) is 3.72. The van der Waals surface area contributed by atoms with Crippen molar-refractivity contribution in [3.05, 3.63) is 28.3 Å². The van der Waals surface area contributed by atoms with Gasteiger partial charge >= 0.3 is 5.97 Å². The smallest absolute Gasteiger partial charge is 0.312 e. The summed E-state index contributed by atoms with van der Waals surface area (Å²) < 4.78 is 10.5. The first-order chi connectivity index (χ1) is 8.13. The van der Waals surface area contributed by atoms with E-state index in [4.69, 9.17) is 31.9 Å². The average Bonchev–Trinajstić information content (AvgIpc) is 2.29. The van der Waals surface area contributed by atoms with Crippen molar-refractivity contribution in [1.82, 2.24) is 0 Å². The lowest BCUT2D eigenvalue weighted by Gasteiger charge is -2.23. The molecule has 0 radical (unpaired) electrons. The van der Waals surface area contributed by atoms with Crippen molar-refractivity contribution in [2.45, 2.75) is 12.5 Å². The van der Waals surface area contributed by atoms with Gasteiger partial charge in [-0.25, -0.2) is 0 Å². The predicted molar refractivity (Wildman–Crippen MR) is 61.2 cm³/mol. The quantitative estimate of drug-likeness (QED) is 0.854. The third-order valence-electron chi connectivity index (χ3n) is 2.61. The molecule has 0 spiro atoms. The van der Waals surface area contributed by atoms with Gasteiger partial charge < -0.3 is 20.3 Å². The molecule has 1 atom stereocenters. The molecule has 5 nitrogen and oxygen atoms in total. The van der Waals surface area contributed by atoms with Crippen molar-refractivity contribution in [3.63, 3.8) is 0 Å². The Morgan fingerprint density at radius 2 is 2.35 bits per heavy atom. The topological polar surface area (TPSA) is 81.8 Å². The van der Waals surface area contributed by atoms with E-state index in [1.54, 1.807) is 12.1 Å². The van der Waals surface area contributed by atoms with Crippen LogP contribution in [0.1, 0.15) is 17.0 Å². The van der Waals surface area contributed by atoms with Gasteiger partial charge in [-0.2, -0.15) is 0 Å². The Balaban J connectivity index is 2.51. The second kappa shape index (κ2) is 4.91. The maximum Gasteiger partial charge on any atom is 0.312 e. The van der Waals surface area contributed by atoms with Crippen molar-refractivity contribution in [3.8, 4) is 5.75 Å². The lowest BCUT2D eigenvalue weighted by Crippen LogP contribution is -2.23. The maximum absolute atomic E-state index is 11.1. The van der Waals surface area contributed by atoms with Gasteiger partial charge in [-0.3, -0.25) is 4.79 Å². The van der Waals surface area contributed by atoms with Gasteiger partial charge in [0.1, 0.15) is 5.75 Å². The van der Waals surface area contributed by atoms with Crippen LogP contribution < -0.4 is 10.5 Å². The summed E-state index contributed by atoms with van der Waals surface area (Å²) in [7, 11) is 0. The van der Waals surface area contributed by atoms with Crippen LogP contribution in [0.3, 0.4) is 0 Å². The molecule has 1 aromatic carbocycles. The number of benzene rings is 1. The molecule has 1 aliphatic heterocycles. The number of hydrogen-bond acceptors (Lipinski definition) is 4. The Bertz CT molecular complexity index is 449. The number of ether oxygens (including phenoxy) is 2. The fraction of sp³-hybridized carbons (Fsp3) is 0.364. The minimum atomic E-state index is -0.993. The van der Waals surface area contributed by atoms with Gasteiger partial charge in [-0.05, 0) is 12.1 Å². The number of halogens is 1. The number of carbonyl (C=O) groups is 1. The Hall–Kier alpha value is -1.30. The van der Waals surface area contributed by atoms with E-state index in [0.717, 1.165) is 5.56 Å². The zero-order valence-corrected chi connectivity index (χ0v) is 9.74. The zero-order valence-electron chi connectivity index (χ0n) is 8.98. The molecule has 3 N–H and O–H groups in total. The fourth-order valence-electron chi connectivity index (χ4n) is 1.83. The third-order valence-corrected chi connectivity index (χ3v) is 2.83. The summed E-state index contributed by atoms with van der Waals surface area (Å²) in [5, 5.41) is 9.56. The molecular formula is C11H12ClNO4. The summed E-state index contributed by atoms with van der Waals surface area (Å²) in [5.41, 5.74) is 6.73. The van der Waals surface area contributed by atoms with E-state index in [2.05, 4.69) is 0 Å². The summed E-state index contributed by atoms with van der Waals surface area (Å²) in [4.78, 5) is 11.1. The van der Waals surface area contributed by atoms with Crippen LogP contribution in [0.2, 0.25) is 5.02 Å². The van der Waals surface area contributed by atoms with Crippen molar-refractivity contribution < 1.29 is 19.4 Å². The van der Waals surface area contributed by atoms with Gasteiger partial charge in [0.15, 0.2) is 6.79 Å². The first kappa shape index (κ1) is 12.2. The largest absolute Gasteiger partial charge is 0.481 e. The normalized spacial score (nSPS) is 15.9. The molecule has 0 aliphatic carbocycles. The standard InChI is InChI=1S/C11H12ClNO4/c12-7-1-6-4-16-5-17-10(6)8(2-7)9(3-13)11(14)15/h1-2,9H,3-5,13H2,(H,14,15). The number of carboxylic acids is 1. The number of carboxylic acid groups (broad SMARTS) is 1. The van der Waals surface area contributed by atoms with Crippen molar-refractivity contribution in [1.29, 1.82) is 0 Å². The summed E-state index contributed by atoms with van der Waals surface area (Å²) >= 11 is 5.94. The lowest BCUT2D eigenvalue weighted by atomic mass is 9.96. The highest BCUT2D eigenvalue weighted by Gasteiger charge is 2.26. The molecule has 92 valence electrons. The van der Waals surface area contributed by atoms with Crippen LogP contribution >= 0.6 is 11.6 Å². The Morgan fingerprint density at radius 3 is 3.00 bits per heavy atom. The van der Waals surface area contributed by atoms with Gasteiger partial charge in [0.2, 0.25) is 0 Å². The molecule has 1 aromatic rings. The number of hydrogen-bond donors (Lipinski definition) is 2. The summed E-state index contributed by atoms with van der Waals surface area (Å²) in [6, 6.07) is 3.28. The van der Waals surface area contributed by atoms with Crippen LogP contribution in [0.15, 0.2) is 12.1 Å². The number of fused-ring (bicyclic) bond motifs is 1. The van der Waals surface area contributed by atoms with Gasteiger partial charge in [-0.1, -0.05) is 11.6 Å². The number of rotatable bonds is 3. The zero-order chi connectivity index (χ0) is 12.4. The molecule has 0 saturated heterocycles. The fourth-order valence-corrected chi connectivity index (χ4v) is 2.08. The van der Waals surface area contributed by atoms with E-state index in [9.17, 15) is 4.79 Å². The van der Waals surface area contributed by atoms with Gasteiger partial charge in [0.05, 0.1) is 12.5 Å². The summed E-state index contributed by atoms with van der Waals surface area (Å²) in [6.45, 7) is 0.463. The monoisotopic (exact) mass is 257 g/mol. The molecule has 0 aromatic heterocycles. The second-order valence-corrected chi connectivity index (χ2v) is 4.16. The predicted octanol–water partition coefficient (Wildman–Crippen LogP) is 1.33. The lowest BCUT2D eigenvalue weighted by molar-refractivity contribution is -0.138. The van der Waals surface area contributed by atoms with Gasteiger partial charge in [0, 0.05) is 22.7 Å². The molecule has 1 unspecified atom stereocenters. The first-order valence-electron chi connectivity index (χ1n) is 5.09. The Morgan fingerprint density at radius 1 is 1.59 bits per heavy atom. The number of nitrogens with two attached hydrogens (primary N) is 1. The molecule has 17 heavy (non-hydrogen) atoms. The molecule has 1 aliphatic rings. The highest BCUT2D eigenvalue weighted by Crippen LogP contribution is 2.35. The SMILES string of the molecule is NCC(C(=O)O)c1cc(Cl)cc2c1OCOC2. The first-order valence-corrected chi connectivity index (χ1v) is 5.47. The van der Waals surface area contributed by atoms with Crippen LogP contribution in [0, 0.1) is 0 Å². The Labute approximate surface area is 103 Å². The van der Waals surface area contributed by atoms with E-state index in [-0.39, 0.29) is 13.3 Å². The van der Waals surface area contributed by atoms with Crippen molar-refractivity contribution in [2.24, 2.45) is 5.73 Å². The molecule has 0 saturated carbocycles. The van der Waals surface area contributed by atoms with Crippen LogP contribution in [0.25, 0.3) is 0 Å². The van der Waals surface area contributed by atoms with Crippen molar-refractivity contribution >= 4 is 17.6 Å². The van der Waals surface area contributed by atoms with E-state index in [1.165, 1.54) is 0 Å². The Kier molecular flexibility index (Phi) is 3.51. The molecule has 1 heterocycles. The molecule has 2 rings (SSSR count). The van der Waals surface area contributed by atoms with Crippen LogP contribution in [0.4, 0.5) is 0 Å². The minimum Gasteiger partial charge on any atom is -0.481 e. The van der Waals surface area contributed by atoms with E-state index in [1.807, 2.05) is 0 Å². The van der Waals surface area contributed by atoms with E-state index >= 15 is 0 Å².